The first-order valence-corrected chi connectivity index (χ1v) is 6.79. The van der Waals surface area contributed by atoms with Gasteiger partial charge in [-0.1, -0.05) is 12.2 Å². The molecule has 2 aromatic carbocycles. The minimum Gasteiger partial charge on any atom is -0.503 e. The Hall–Kier alpha value is -2.34. The van der Waals surface area contributed by atoms with Crippen molar-refractivity contribution in [2.75, 3.05) is 7.11 Å². The number of methoxy groups -OCH3 is 1. The Morgan fingerprint density at radius 3 is 2.38 bits per heavy atom. The molecule has 0 spiro atoms. The number of phenolic OH excluding ortho intramolecular Hbond substituents is 1. The molecule has 0 bridgehead atoms. The largest absolute Gasteiger partial charge is 0.503 e. The third-order valence-corrected chi connectivity index (χ3v) is 3.45. The molecule has 0 atom stereocenters. The molecule has 1 N–H and O–H groups in total. The highest BCUT2D eigenvalue weighted by atomic mass is 79.9. The van der Waals surface area contributed by atoms with Gasteiger partial charge in [0.05, 0.1) is 16.5 Å². The summed E-state index contributed by atoms with van der Waals surface area (Å²) in [6.07, 6.45) is 3.65. The molecule has 0 aliphatic carbocycles. The average molecular weight is 350 g/mol. The summed E-state index contributed by atoms with van der Waals surface area (Å²) in [6, 6.07) is 9.68. The number of nitro benzene ring substituents is 1. The number of phenols is 1. The van der Waals surface area contributed by atoms with E-state index in [1.807, 2.05) is 12.2 Å². The maximum atomic E-state index is 10.6. The first-order valence-electron chi connectivity index (χ1n) is 6.00. The highest BCUT2D eigenvalue weighted by Gasteiger charge is 2.07. The molecule has 5 nitrogen and oxygen atoms in total. The van der Waals surface area contributed by atoms with Gasteiger partial charge in [0.2, 0.25) is 0 Å². The van der Waals surface area contributed by atoms with Crippen molar-refractivity contribution in [1.82, 2.24) is 0 Å². The van der Waals surface area contributed by atoms with Crippen molar-refractivity contribution in [1.29, 1.82) is 0 Å². The zero-order chi connectivity index (χ0) is 15.4. The average Bonchev–Trinajstić information content (AvgIpc) is 2.48. The van der Waals surface area contributed by atoms with Crippen LogP contribution in [0.2, 0.25) is 0 Å². The second-order valence-corrected chi connectivity index (χ2v) is 5.09. The Bertz CT molecular complexity index is 696. The Labute approximate surface area is 129 Å². The van der Waals surface area contributed by atoms with E-state index in [0.717, 1.165) is 11.1 Å². The molecule has 2 aromatic rings. The van der Waals surface area contributed by atoms with Crippen molar-refractivity contribution < 1.29 is 14.8 Å². The van der Waals surface area contributed by atoms with Gasteiger partial charge in [0, 0.05) is 12.1 Å². The zero-order valence-corrected chi connectivity index (χ0v) is 12.7. The lowest BCUT2D eigenvalue weighted by Gasteiger charge is -2.06. The van der Waals surface area contributed by atoms with Crippen molar-refractivity contribution in [3.05, 3.63) is 62.1 Å². The van der Waals surface area contributed by atoms with Crippen molar-refractivity contribution in [2.24, 2.45) is 0 Å². The summed E-state index contributed by atoms with van der Waals surface area (Å²) in [6.45, 7) is 0. The molecule has 0 radical (unpaired) electrons. The van der Waals surface area contributed by atoms with Gasteiger partial charge in [0.15, 0.2) is 11.5 Å². The maximum Gasteiger partial charge on any atom is 0.269 e. The number of nitro groups is 1. The topological polar surface area (TPSA) is 72.6 Å². The predicted octanol–water partition coefficient (Wildman–Crippen LogP) is 4.24. The van der Waals surface area contributed by atoms with Gasteiger partial charge < -0.3 is 9.84 Å². The number of halogens is 1. The van der Waals surface area contributed by atoms with E-state index < -0.39 is 4.92 Å². The summed E-state index contributed by atoms with van der Waals surface area (Å²) in [5, 5.41) is 20.3. The van der Waals surface area contributed by atoms with Crippen LogP contribution in [0, 0.1) is 10.1 Å². The summed E-state index contributed by atoms with van der Waals surface area (Å²) in [5.74, 6) is 0.415. The van der Waals surface area contributed by atoms with E-state index in [-0.39, 0.29) is 11.4 Å². The Kier molecular flexibility index (Phi) is 4.59. The van der Waals surface area contributed by atoms with E-state index in [2.05, 4.69) is 15.9 Å². The van der Waals surface area contributed by atoms with E-state index in [9.17, 15) is 15.2 Å². The molecule has 0 aromatic heterocycles. The van der Waals surface area contributed by atoms with Crippen molar-refractivity contribution in [3.8, 4) is 11.5 Å². The van der Waals surface area contributed by atoms with Crippen LogP contribution in [-0.2, 0) is 0 Å². The predicted molar refractivity (Wildman–Crippen MR) is 84.4 cm³/mol. The lowest BCUT2D eigenvalue weighted by molar-refractivity contribution is -0.384. The number of nitrogens with zero attached hydrogens (tertiary/aromatic N) is 1. The monoisotopic (exact) mass is 349 g/mol. The van der Waals surface area contributed by atoms with Crippen LogP contribution in [0.25, 0.3) is 12.2 Å². The molecule has 21 heavy (non-hydrogen) atoms. The fourth-order valence-electron chi connectivity index (χ4n) is 1.75. The van der Waals surface area contributed by atoms with Gasteiger partial charge in [-0.2, -0.15) is 0 Å². The van der Waals surface area contributed by atoms with Crippen molar-refractivity contribution in [2.45, 2.75) is 0 Å². The molecule has 0 heterocycles. The third kappa shape index (κ3) is 3.61. The molecule has 0 saturated carbocycles. The molecule has 0 aliphatic rings. The lowest BCUT2D eigenvalue weighted by atomic mass is 10.1. The standard InChI is InChI=1S/C15H12BrNO4/c1-21-14-9-11(8-13(16)15(14)18)3-2-10-4-6-12(7-5-10)17(19)20/h2-9,18H,1H3. The third-order valence-electron chi connectivity index (χ3n) is 2.84. The van der Waals surface area contributed by atoms with E-state index in [1.54, 1.807) is 24.3 Å². The molecule has 108 valence electrons. The summed E-state index contributed by atoms with van der Waals surface area (Å²) in [7, 11) is 1.48. The van der Waals surface area contributed by atoms with Crippen LogP contribution >= 0.6 is 15.9 Å². The smallest absolute Gasteiger partial charge is 0.269 e. The minimum absolute atomic E-state index is 0.0463. The maximum absolute atomic E-state index is 10.6. The van der Waals surface area contributed by atoms with Crippen LogP contribution in [0.4, 0.5) is 5.69 Å². The fourth-order valence-corrected chi connectivity index (χ4v) is 2.20. The normalized spacial score (nSPS) is 10.8. The van der Waals surface area contributed by atoms with Crippen molar-refractivity contribution >= 4 is 33.8 Å². The molecule has 0 saturated heterocycles. The Morgan fingerprint density at radius 2 is 1.81 bits per heavy atom. The molecule has 0 unspecified atom stereocenters. The van der Waals surface area contributed by atoms with Gasteiger partial charge in [-0.05, 0) is 51.3 Å². The van der Waals surface area contributed by atoms with Gasteiger partial charge in [-0.3, -0.25) is 10.1 Å². The highest BCUT2D eigenvalue weighted by molar-refractivity contribution is 9.10. The van der Waals surface area contributed by atoms with Gasteiger partial charge in [-0.15, -0.1) is 0 Å². The summed E-state index contributed by atoms with van der Waals surface area (Å²) in [4.78, 5) is 10.1. The van der Waals surface area contributed by atoms with E-state index in [0.29, 0.717) is 10.2 Å². The second-order valence-electron chi connectivity index (χ2n) is 4.24. The van der Waals surface area contributed by atoms with Crippen molar-refractivity contribution in [3.63, 3.8) is 0 Å². The van der Waals surface area contributed by atoms with Crippen LogP contribution in [0.15, 0.2) is 40.9 Å². The zero-order valence-electron chi connectivity index (χ0n) is 11.1. The van der Waals surface area contributed by atoms with E-state index in [1.165, 1.54) is 19.2 Å². The van der Waals surface area contributed by atoms with Crippen LogP contribution in [0.1, 0.15) is 11.1 Å². The first kappa shape index (κ1) is 15.1. The fraction of sp³-hybridized carbons (Fsp3) is 0.0667. The highest BCUT2D eigenvalue weighted by Crippen LogP contribution is 2.35. The summed E-state index contributed by atoms with van der Waals surface area (Å²) >= 11 is 3.25. The number of hydrogen-bond donors (Lipinski definition) is 1. The SMILES string of the molecule is COc1cc(C=Cc2ccc([N+](=O)[O-])cc2)cc(Br)c1O. The molecule has 2 rings (SSSR count). The van der Waals surface area contributed by atoms with E-state index in [4.69, 9.17) is 4.74 Å². The second kappa shape index (κ2) is 6.41. The van der Waals surface area contributed by atoms with Crippen LogP contribution in [0.5, 0.6) is 11.5 Å². The van der Waals surface area contributed by atoms with Gasteiger partial charge in [0.25, 0.3) is 5.69 Å². The van der Waals surface area contributed by atoms with Gasteiger partial charge in [-0.25, -0.2) is 0 Å². The van der Waals surface area contributed by atoms with Crippen LogP contribution < -0.4 is 4.74 Å². The number of hydrogen-bond acceptors (Lipinski definition) is 4. The number of aromatic hydroxyl groups is 1. The van der Waals surface area contributed by atoms with Gasteiger partial charge in [0.1, 0.15) is 0 Å². The Balaban J connectivity index is 2.25. The molecule has 6 heteroatoms. The Morgan fingerprint density at radius 1 is 1.19 bits per heavy atom. The number of non-ortho nitro benzene ring substituents is 1. The summed E-state index contributed by atoms with van der Waals surface area (Å²) < 4.78 is 5.60. The lowest BCUT2D eigenvalue weighted by Crippen LogP contribution is -1.87. The summed E-state index contributed by atoms with van der Waals surface area (Å²) in [5.41, 5.74) is 1.72. The number of benzene rings is 2. The molecule has 0 fully saturated rings. The molecular formula is C15H12BrNO4. The quantitative estimate of drug-likeness (QED) is 0.509. The minimum atomic E-state index is -0.435. The van der Waals surface area contributed by atoms with E-state index >= 15 is 0 Å². The van der Waals surface area contributed by atoms with Crippen LogP contribution in [0.3, 0.4) is 0 Å². The molecular weight excluding hydrogens is 338 g/mol. The van der Waals surface area contributed by atoms with Crippen LogP contribution in [-0.4, -0.2) is 17.1 Å². The molecule has 0 aliphatic heterocycles. The molecule has 0 amide bonds. The number of rotatable bonds is 4. The van der Waals surface area contributed by atoms with Gasteiger partial charge >= 0.3 is 0 Å². The number of ether oxygens (including phenoxy) is 1. The first-order chi connectivity index (χ1) is 10.0.